The second kappa shape index (κ2) is 11.3. The highest BCUT2D eigenvalue weighted by Crippen LogP contribution is 2.14. The van der Waals surface area contributed by atoms with E-state index >= 15 is 0 Å². The number of hydrogen-bond acceptors (Lipinski definition) is 5. The SMILES string of the molecule is CCCCCCCc1nnc(CCNCCOC)s1. The summed E-state index contributed by atoms with van der Waals surface area (Å²) in [4.78, 5) is 0. The fraction of sp³-hybridized carbons (Fsp3) is 0.857. The van der Waals surface area contributed by atoms with Crippen LogP contribution in [0.5, 0.6) is 0 Å². The molecule has 0 bridgehead atoms. The monoisotopic (exact) mass is 285 g/mol. The smallest absolute Gasteiger partial charge is 0.118 e. The van der Waals surface area contributed by atoms with Crippen molar-refractivity contribution >= 4 is 11.3 Å². The van der Waals surface area contributed by atoms with Gasteiger partial charge in [0.2, 0.25) is 0 Å². The molecule has 0 fully saturated rings. The van der Waals surface area contributed by atoms with E-state index < -0.39 is 0 Å². The van der Waals surface area contributed by atoms with Crippen LogP contribution in [0.25, 0.3) is 0 Å². The summed E-state index contributed by atoms with van der Waals surface area (Å²) < 4.78 is 4.98. The van der Waals surface area contributed by atoms with Crippen molar-refractivity contribution in [1.82, 2.24) is 15.5 Å². The molecule has 0 unspecified atom stereocenters. The molecule has 0 atom stereocenters. The molecule has 0 spiro atoms. The van der Waals surface area contributed by atoms with Crippen LogP contribution in [-0.2, 0) is 17.6 Å². The third kappa shape index (κ3) is 8.29. The van der Waals surface area contributed by atoms with E-state index in [1.165, 1.54) is 37.1 Å². The van der Waals surface area contributed by atoms with Crippen LogP contribution in [0.2, 0.25) is 0 Å². The van der Waals surface area contributed by atoms with Gasteiger partial charge in [-0.25, -0.2) is 0 Å². The van der Waals surface area contributed by atoms with Gasteiger partial charge in [-0.05, 0) is 6.42 Å². The summed E-state index contributed by atoms with van der Waals surface area (Å²) in [5.41, 5.74) is 0. The third-order valence-corrected chi connectivity index (χ3v) is 4.04. The molecule has 0 aromatic carbocycles. The van der Waals surface area contributed by atoms with E-state index in [1.54, 1.807) is 18.4 Å². The van der Waals surface area contributed by atoms with E-state index in [9.17, 15) is 0 Å². The van der Waals surface area contributed by atoms with Gasteiger partial charge in [-0.15, -0.1) is 21.5 Å². The molecule has 0 saturated carbocycles. The Morgan fingerprint density at radius 3 is 2.47 bits per heavy atom. The number of methoxy groups -OCH3 is 1. The molecule has 110 valence electrons. The highest BCUT2D eigenvalue weighted by Gasteiger charge is 2.03. The summed E-state index contributed by atoms with van der Waals surface area (Å²) in [7, 11) is 1.72. The number of nitrogens with zero attached hydrogens (tertiary/aromatic N) is 2. The maximum Gasteiger partial charge on any atom is 0.118 e. The van der Waals surface area contributed by atoms with Gasteiger partial charge in [0.25, 0.3) is 0 Å². The molecule has 0 aliphatic carbocycles. The minimum atomic E-state index is 0.763. The molecule has 0 aliphatic heterocycles. The summed E-state index contributed by atoms with van der Waals surface area (Å²) in [6, 6.07) is 0. The number of rotatable bonds is 12. The summed E-state index contributed by atoms with van der Waals surface area (Å²) in [5, 5.41) is 14.2. The minimum absolute atomic E-state index is 0.763. The highest BCUT2D eigenvalue weighted by atomic mass is 32.1. The maximum atomic E-state index is 4.98. The Bertz CT molecular complexity index is 289. The van der Waals surface area contributed by atoms with Crippen molar-refractivity contribution in [2.24, 2.45) is 0 Å². The van der Waals surface area contributed by atoms with Crippen molar-refractivity contribution < 1.29 is 4.74 Å². The summed E-state index contributed by atoms with van der Waals surface area (Å²) in [6.07, 6.45) is 8.65. The Kier molecular flexibility index (Phi) is 9.85. The van der Waals surface area contributed by atoms with Crippen LogP contribution in [0, 0.1) is 0 Å². The van der Waals surface area contributed by atoms with Crippen LogP contribution in [0.15, 0.2) is 0 Å². The first-order valence-corrected chi connectivity index (χ1v) is 8.19. The lowest BCUT2D eigenvalue weighted by Crippen LogP contribution is -2.21. The number of unbranched alkanes of at least 4 members (excludes halogenated alkanes) is 4. The first-order valence-electron chi connectivity index (χ1n) is 7.37. The molecule has 0 radical (unpaired) electrons. The van der Waals surface area contributed by atoms with E-state index in [0.717, 1.165) is 37.5 Å². The Morgan fingerprint density at radius 2 is 1.74 bits per heavy atom. The largest absolute Gasteiger partial charge is 0.383 e. The Morgan fingerprint density at radius 1 is 1.00 bits per heavy atom. The summed E-state index contributed by atoms with van der Waals surface area (Å²) >= 11 is 1.77. The van der Waals surface area contributed by atoms with Crippen molar-refractivity contribution in [2.75, 3.05) is 26.8 Å². The molecule has 1 aromatic rings. The summed E-state index contributed by atoms with van der Waals surface area (Å²) in [5.74, 6) is 0. The van der Waals surface area contributed by atoms with Crippen molar-refractivity contribution in [3.8, 4) is 0 Å². The van der Waals surface area contributed by atoms with Crippen molar-refractivity contribution in [1.29, 1.82) is 0 Å². The molecule has 1 N–H and O–H groups in total. The van der Waals surface area contributed by atoms with Crippen molar-refractivity contribution in [2.45, 2.75) is 51.9 Å². The lowest BCUT2D eigenvalue weighted by molar-refractivity contribution is 0.199. The van der Waals surface area contributed by atoms with Gasteiger partial charge in [0.15, 0.2) is 0 Å². The average molecular weight is 285 g/mol. The highest BCUT2D eigenvalue weighted by molar-refractivity contribution is 7.11. The molecule has 0 saturated heterocycles. The number of aromatic nitrogens is 2. The quantitative estimate of drug-likeness (QED) is 0.600. The van der Waals surface area contributed by atoms with Gasteiger partial charge in [0.1, 0.15) is 10.0 Å². The number of hydrogen-bond donors (Lipinski definition) is 1. The standard InChI is InChI=1S/C14H27N3OS/c1-3-4-5-6-7-8-13-16-17-14(19-13)9-10-15-11-12-18-2/h15H,3-12H2,1-2H3. The molecule has 1 aromatic heterocycles. The van der Waals surface area contributed by atoms with Crippen molar-refractivity contribution in [3.05, 3.63) is 10.0 Å². The van der Waals surface area contributed by atoms with Crippen LogP contribution in [-0.4, -0.2) is 37.0 Å². The van der Waals surface area contributed by atoms with Gasteiger partial charge in [-0.1, -0.05) is 32.6 Å². The third-order valence-electron chi connectivity index (χ3n) is 3.00. The van der Waals surface area contributed by atoms with E-state index in [-0.39, 0.29) is 0 Å². The topological polar surface area (TPSA) is 47.0 Å². The van der Waals surface area contributed by atoms with Gasteiger partial charge in [0, 0.05) is 33.0 Å². The van der Waals surface area contributed by atoms with E-state index in [1.807, 2.05) is 0 Å². The molecule has 1 heterocycles. The lowest BCUT2D eigenvalue weighted by Gasteiger charge is -2.00. The fourth-order valence-electron chi connectivity index (χ4n) is 1.86. The molecule has 4 nitrogen and oxygen atoms in total. The van der Waals surface area contributed by atoms with Crippen LogP contribution in [0.1, 0.15) is 49.0 Å². The molecule has 0 aliphatic rings. The first-order chi connectivity index (χ1) is 9.36. The predicted molar refractivity (Wildman–Crippen MR) is 80.8 cm³/mol. The van der Waals surface area contributed by atoms with Crippen LogP contribution < -0.4 is 5.32 Å². The Balaban J connectivity index is 2.07. The molecular weight excluding hydrogens is 258 g/mol. The van der Waals surface area contributed by atoms with E-state index in [2.05, 4.69) is 22.4 Å². The van der Waals surface area contributed by atoms with Crippen LogP contribution >= 0.6 is 11.3 Å². The molecule has 1 rings (SSSR count). The van der Waals surface area contributed by atoms with E-state index in [4.69, 9.17) is 4.74 Å². The summed E-state index contributed by atoms with van der Waals surface area (Å²) in [6.45, 7) is 4.87. The van der Waals surface area contributed by atoms with Gasteiger partial charge in [0.05, 0.1) is 6.61 Å². The maximum absolute atomic E-state index is 4.98. The van der Waals surface area contributed by atoms with Gasteiger partial charge >= 0.3 is 0 Å². The molecule has 0 amide bonds. The zero-order valence-electron chi connectivity index (χ0n) is 12.3. The Labute approximate surface area is 121 Å². The Hall–Kier alpha value is -0.520. The van der Waals surface area contributed by atoms with Gasteiger partial charge in [-0.2, -0.15) is 0 Å². The molecular formula is C14H27N3OS. The van der Waals surface area contributed by atoms with Crippen LogP contribution in [0.4, 0.5) is 0 Å². The second-order valence-electron chi connectivity index (χ2n) is 4.75. The number of ether oxygens (including phenoxy) is 1. The van der Waals surface area contributed by atoms with E-state index in [0.29, 0.717) is 0 Å². The van der Waals surface area contributed by atoms with Crippen molar-refractivity contribution in [3.63, 3.8) is 0 Å². The van der Waals surface area contributed by atoms with Crippen LogP contribution in [0.3, 0.4) is 0 Å². The minimum Gasteiger partial charge on any atom is -0.383 e. The average Bonchev–Trinajstić information content (AvgIpc) is 2.86. The lowest BCUT2D eigenvalue weighted by atomic mass is 10.1. The zero-order valence-corrected chi connectivity index (χ0v) is 13.1. The normalized spacial score (nSPS) is 11.1. The van der Waals surface area contributed by atoms with Gasteiger partial charge < -0.3 is 10.1 Å². The first kappa shape index (κ1) is 16.5. The molecule has 5 heteroatoms. The number of nitrogens with one attached hydrogen (secondary N) is 1. The number of aryl methyl sites for hydroxylation is 1. The molecule has 19 heavy (non-hydrogen) atoms. The van der Waals surface area contributed by atoms with Gasteiger partial charge in [-0.3, -0.25) is 0 Å². The fourth-order valence-corrected chi connectivity index (χ4v) is 2.75. The zero-order chi connectivity index (χ0) is 13.8. The predicted octanol–water partition coefficient (Wildman–Crippen LogP) is 2.83. The second-order valence-corrected chi connectivity index (χ2v) is 5.89.